The van der Waals surface area contributed by atoms with Gasteiger partial charge in [0.15, 0.2) is 0 Å². The number of aliphatic hydroxyl groups is 1. The van der Waals surface area contributed by atoms with Gasteiger partial charge >= 0.3 is 0 Å². The standard InChI is InChI=1S/C29H36N4O3/c1-33-24-12-5-4-10-21(24)26(23-11-6-7-17-30-23)31-27(29(33)36)32-28(35)22(18-20-13-14-20)25(34)16-15-19-8-2-3-9-19/h4-7,10-12,17,19-20,22,25,27,34H,2-3,8-9,13-16,18H2,1H3,(H,32,35)/t22-,25+,27-/m1/s1. The number of carbonyl (C=O) groups excluding carboxylic acids is 2. The summed E-state index contributed by atoms with van der Waals surface area (Å²) in [5, 5.41) is 14.0. The van der Waals surface area contributed by atoms with E-state index in [0.29, 0.717) is 36.1 Å². The second-order valence-corrected chi connectivity index (χ2v) is 10.6. The molecule has 0 radical (unpaired) electrons. The van der Waals surface area contributed by atoms with E-state index in [9.17, 15) is 14.7 Å². The molecule has 1 aromatic heterocycles. The molecule has 2 aromatic rings. The third kappa shape index (κ3) is 5.51. The number of anilines is 1. The predicted octanol–water partition coefficient (Wildman–Crippen LogP) is 4.09. The van der Waals surface area contributed by atoms with Gasteiger partial charge in [-0.1, -0.05) is 62.8 Å². The van der Waals surface area contributed by atoms with E-state index in [1.165, 1.54) is 25.7 Å². The lowest BCUT2D eigenvalue weighted by molar-refractivity contribution is -0.133. The van der Waals surface area contributed by atoms with E-state index in [4.69, 9.17) is 4.99 Å². The van der Waals surface area contributed by atoms with E-state index >= 15 is 0 Å². The summed E-state index contributed by atoms with van der Waals surface area (Å²) in [7, 11) is 1.70. The van der Waals surface area contributed by atoms with Crippen LogP contribution in [0.15, 0.2) is 53.7 Å². The molecule has 2 N–H and O–H groups in total. The molecule has 7 nitrogen and oxygen atoms in total. The fourth-order valence-electron chi connectivity index (χ4n) is 5.62. The minimum absolute atomic E-state index is 0.289. The van der Waals surface area contributed by atoms with Crippen molar-refractivity contribution in [2.45, 2.75) is 70.1 Å². The quantitative estimate of drug-likeness (QED) is 0.556. The molecule has 3 atom stereocenters. The van der Waals surface area contributed by atoms with Gasteiger partial charge in [0.2, 0.25) is 12.1 Å². The number of pyridine rings is 1. The van der Waals surface area contributed by atoms with Crippen molar-refractivity contribution < 1.29 is 14.7 Å². The Bertz CT molecular complexity index is 1110. The zero-order chi connectivity index (χ0) is 25.1. The van der Waals surface area contributed by atoms with Crippen molar-refractivity contribution in [1.29, 1.82) is 0 Å². The number of amides is 2. The zero-order valence-electron chi connectivity index (χ0n) is 21.0. The topological polar surface area (TPSA) is 94.9 Å². The second-order valence-electron chi connectivity index (χ2n) is 10.6. The van der Waals surface area contributed by atoms with Gasteiger partial charge in [-0.15, -0.1) is 0 Å². The number of rotatable bonds is 9. The Morgan fingerprint density at radius 1 is 1.08 bits per heavy atom. The van der Waals surface area contributed by atoms with E-state index in [0.717, 1.165) is 30.5 Å². The van der Waals surface area contributed by atoms with Crippen LogP contribution in [0.4, 0.5) is 5.69 Å². The SMILES string of the molecule is CN1C(=O)[C@@H](NC(=O)[C@H](CC2CC2)[C@@H](O)CCC2CCCC2)N=C(c2ccccn2)c2ccccc21. The number of aromatic nitrogens is 1. The average molecular weight is 489 g/mol. The highest BCUT2D eigenvalue weighted by Crippen LogP contribution is 2.38. The van der Waals surface area contributed by atoms with Crippen LogP contribution in [0.1, 0.15) is 69.0 Å². The van der Waals surface area contributed by atoms with Crippen LogP contribution in [0.3, 0.4) is 0 Å². The first-order valence-electron chi connectivity index (χ1n) is 13.4. The van der Waals surface area contributed by atoms with Crippen molar-refractivity contribution in [2.75, 3.05) is 11.9 Å². The van der Waals surface area contributed by atoms with E-state index in [2.05, 4.69) is 10.3 Å². The van der Waals surface area contributed by atoms with Crippen molar-refractivity contribution in [3.05, 3.63) is 59.9 Å². The van der Waals surface area contributed by atoms with Gasteiger partial charge in [-0.3, -0.25) is 14.6 Å². The van der Waals surface area contributed by atoms with Crippen molar-refractivity contribution in [3.63, 3.8) is 0 Å². The van der Waals surface area contributed by atoms with Gasteiger partial charge in [0, 0.05) is 18.8 Å². The third-order valence-electron chi connectivity index (χ3n) is 7.96. The van der Waals surface area contributed by atoms with Gasteiger partial charge in [0.1, 0.15) is 0 Å². The molecule has 5 rings (SSSR count). The van der Waals surface area contributed by atoms with Gasteiger partial charge in [0.25, 0.3) is 5.91 Å². The molecule has 2 saturated carbocycles. The fourth-order valence-corrected chi connectivity index (χ4v) is 5.62. The minimum atomic E-state index is -1.09. The van der Waals surface area contributed by atoms with E-state index in [-0.39, 0.29) is 11.8 Å². The van der Waals surface area contributed by atoms with E-state index in [1.807, 2.05) is 42.5 Å². The zero-order valence-corrected chi connectivity index (χ0v) is 21.0. The monoisotopic (exact) mass is 488 g/mol. The smallest absolute Gasteiger partial charge is 0.272 e. The van der Waals surface area contributed by atoms with Gasteiger partial charge < -0.3 is 15.3 Å². The van der Waals surface area contributed by atoms with Crippen LogP contribution < -0.4 is 10.2 Å². The van der Waals surface area contributed by atoms with E-state index in [1.54, 1.807) is 18.1 Å². The molecule has 1 aliphatic heterocycles. The summed E-state index contributed by atoms with van der Waals surface area (Å²) in [5.74, 6) is 0.00256. The summed E-state index contributed by atoms with van der Waals surface area (Å²) < 4.78 is 0. The van der Waals surface area contributed by atoms with Crippen LogP contribution in [0.5, 0.6) is 0 Å². The Kier molecular flexibility index (Phi) is 7.46. The first-order valence-corrected chi connectivity index (χ1v) is 13.4. The van der Waals surface area contributed by atoms with Crippen molar-refractivity contribution in [2.24, 2.45) is 22.7 Å². The highest BCUT2D eigenvalue weighted by atomic mass is 16.3. The number of nitrogens with zero attached hydrogens (tertiary/aromatic N) is 3. The maximum Gasteiger partial charge on any atom is 0.272 e. The first-order chi connectivity index (χ1) is 17.5. The van der Waals surface area contributed by atoms with Crippen molar-refractivity contribution >= 4 is 23.2 Å². The summed E-state index contributed by atoms with van der Waals surface area (Å²) in [6.07, 6.45) is 9.32. The van der Waals surface area contributed by atoms with E-state index < -0.39 is 18.2 Å². The van der Waals surface area contributed by atoms with Crippen LogP contribution in [-0.4, -0.2) is 46.9 Å². The third-order valence-corrected chi connectivity index (χ3v) is 7.96. The molecule has 0 bridgehead atoms. The molecule has 36 heavy (non-hydrogen) atoms. The van der Waals surface area contributed by atoms with Crippen LogP contribution in [0.2, 0.25) is 0 Å². The lowest BCUT2D eigenvalue weighted by Gasteiger charge is -2.26. The molecule has 1 aromatic carbocycles. The lowest BCUT2D eigenvalue weighted by Crippen LogP contribution is -2.49. The van der Waals surface area contributed by atoms with Gasteiger partial charge in [-0.2, -0.15) is 0 Å². The summed E-state index contributed by atoms with van der Waals surface area (Å²) in [5.41, 5.74) is 2.71. The maximum atomic E-state index is 13.6. The Morgan fingerprint density at radius 3 is 2.56 bits per heavy atom. The molecular formula is C29H36N4O3. The summed E-state index contributed by atoms with van der Waals surface area (Å²) >= 11 is 0. The highest BCUT2D eigenvalue weighted by Gasteiger charge is 2.37. The maximum absolute atomic E-state index is 13.6. The number of fused-ring (bicyclic) bond motifs is 1. The molecule has 2 fully saturated rings. The van der Waals surface area contributed by atoms with Crippen LogP contribution in [-0.2, 0) is 9.59 Å². The Morgan fingerprint density at radius 2 is 1.83 bits per heavy atom. The fraction of sp³-hybridized carbons (Fsp3) is 0.517. The molecule has 190 valence electrons. The van der Waals surface area contributed by atoms with Gasteiger partial charge in [0.05, 0.1) is 29.1 Å². The molecular weight excluding hydrogens is 452 g/mol. The Labute approximate surface area is 213 Å². The van der Waals surface area contributed by atoms with Crippen molar-refractivity contribution in [3.8, 4) is 0 Å². The molecule has 3 aliphatic rings. The summed E-state index contributed by atoms with van der Waals surface area (Å²) in [6.45, 7) is 0. The number of hydrogen-bond acceptors (Lipinski definition) is 5. The Balaban J connectivity index is 1.39. The second kappa shape index (κ2) is 10.9. The largest absolute Gasteiger partial charge is 0.392 e. The number of carbonyl (C=O) groups is 2. The Hall–Kier alpha value is -3.06. The number of nitrogens with one attached hydrogen (secondary N) is 1. The van der Waals surface area contributed by atoms with Gasteiger partial charge in [-0.25, -0.2) is 4.99 Å². The number of hydrogen-bond donors (Lipinski definition) is 2. The molecule has 0 saturated heterocycles. The molecule has 2 amide bonds. The van der Waals surface area contributed by atoms with Crippen molar-refractivity contribution in [1.82, 2.24) is 10.3 Å². The van der Waals surface area contributed by atoms with Gasteiger partial charge in [-0.05, 0) is 49.3 Å². The van der Waals surface area contributed by atoms with Crippen LogP contribution in [0, 0.1) is 17.8 Å². The van der Waals surface area contributed by atoms with Crippen LogP contribution in [0.25, 0.3) is 0 Å². The minimum Gasteiger partial charge on any atom is -0.392 e. The normalized spacial score (nSPS) is 21.9. The number of benzodiazepines with no additional fused rings is 1. The first kappa shape index (κ1) is 24.6. The number of likely N-dealkylation sites (N-methyl/N-ethyl adjacent to an activating group) is 1. The molecule has 0 unspecified atom stereocenters. The molecule has 2 heterocycles. The van der Waals surface area contributed by atoms with Crippen LogP contribution >= 0.6 is 0 Å². The number of para-hydroxylation sites is 1. The summed E-state index contributed by atoms with van der Waals surface area (Å²) in [6, 6.07) is 13.1. The number of benzene rings is 1. The molecule has 0 spiro atoms. The molecule has 7 heteroatoms. The summed E-state index contributed by atoms with van der Waals surface area (Å²) in [4.78, 5) is 37.8. The number of aliphatic imine (C=N–C) groups is 1. The lowest BCUT2D eigenvalue weighted by atomic mass is 9.89. The predicted molar refractivity (Wildman–Crippen MR) is 140 cm³/mol. The number of aliphatic hydroxyl groups excluding tert-OH is 1. The molecule has 2 aliphatic carbocycles. The average Bonchev–Trinajstić information content (AvgIpc) is 3.60. The highest BCUT2D eigenvalue weighted by molar-refractivity contribution is 6.19.